The van der Waals surface area contributed by atoms with Gasteiger partial charge in [0.1, 0.15) is 5.82 Å². The van der Waals surface area contributed by atoms with Crippen LogP contribution in [0, 0.1) is 0 Å². The highest BCUT2D eigenvalue weighted by molar-refractivity contribution is 6.07. The first-order valence-electron chi connectivity index (χ1n) is 11.0. The number of para-hydroxylation sites is 1. The second-order valence-corrected chi connectivity index (χ2v) is 8.72. The fourth-order valence-corrected chi connectivity index (χ4v) is 4.39. The topological polar surface area (TPSA) is 85.1 Å². The summed E-state index contributed by atoms with van der Waals surface area (Å²) in [4.78, 5) is 39.3. The quantitative estimate of drug-likeness (QED) is 0.478. The molecule has 1 aliphatic heterocycles. The number of aromatic nitrogens is 2. The minimum absolute atomic E-state index is 0.0326. The highest BCUT2D eigenvalue weighted by Gasteiger charge is 2.41. The van der Waals surface area contributed by atoms with Crippen LogP contribution in [0.4, 0.5) is 37.8 Å². The molecule has 1 atom stereocenters. The molecule has 0 saturated heterocycles. The third-order valence-electron chi connectivity index (χ3n) is 6.21. The lowest BCUT2D eigenvalue weighted by molar-refractivity contribution is -0.143. The van der Waals surface area contributed by atoms with Gasteiger partial charge in [-0.25, -0.2) is 4.79 Å². The molecular formula is C25H20F6N4O3. The lowest BCUT2D eigenvalue weighted by Crippen LogP contribution is -2.43. The Hall–Kier alpha value is -4.29. The highest BCUT2D eigenvalue weighted by Crippen LogP contribution is 2.44. The van der Waals surface area contributed by atoms with Crippen LogP contribution in [-0.2, 0) is 31.2 Å². The van der Waals surface area contributed by atoms with Crippen LogP contribution in [0.25, 0.3) is 0 Å². The number of fused-ring (bicyclic) bond motifs is 1. The maximum Gasteiger partial charge on any atom is 0.416 e. The van der Waals surface area contributed by atoms with Crippen molar-refractivity contribution in [3.8, 4) is 0 Å². The molecule has 3 aromatic rings. The number of rotatable bonds is 3. The van der Waals surface area contributed by atoms with Gasteiger partial charge in [-0.15, -0.1) is 0 Å². The Balaban J connectivity index is 2.06. The summed E-state index contributed by atoms with van der Waals surface area (Å²) in [5, 5.41) is 5.33. The molecule has 0 saturated carbocycles. The summed E-state index contributed by atoms with van der Waals surface area (Å²) < 4.78 is 83.8. The van der Waals surface area contributed by atoms with Gasteiger partial charge in [0.05, 0.1) is 22.6 Å². The van der Waals surface area contributed by atoms with E-state index >= 15 is 0 Å². The largest absolute Gasteiger partial charge is 0.416 e. The number of anilines is 2. The van der Waals surface area contributed by atoms with Crippen molar-refractivity contribution >= 4 is 17.4 Å². The molecule has 38 heavy (non-hydrogen) atoms. The van der Waals surface area contributed by atoms with Gasteiger partial charge in [0.25, 0.3) is 11.5 Å². The maximum absolute atomic E-state index is 13.7. The van der Waals surface area contributed by atoms with Crippen molar-refractivity contribution in [2.45, 2.75) is 25.2 Å². The molecule has 0 bridgehead atoms. The van der Waals surface area contributed by atoms with Crippen LogP contribution in [0.3, 0.4) is 0 Å². The molecule has 2 N–H and O–H groups in total. The minimum Gasteiger partial charge on any atom is -0.344 e. The summed E-state index contributed by atoms with van der Waals surface area (Å²) in [7, 11) is 2.39. The fraction of sp³-hybridized carbons (Fsp3) is 0.240. The molecule has 13 heteroatoms. The van der Waals surface area contributed by atoms with Crippen molar-refractivity contribution in [2.24, 2.45) is 14.1 Å². The molecule has 0 aliphatic carbocycles. The van der Waals surface area contributed by atoms with Gasteiger partial charge in [-0.1, -0.05) is 18.2 Å². The van der Waals surface area contributed by atoms with Gasteiger partial charge >= 0.3 is 18.0 Å². The number of amides is 1. The van der Waals surface area contributed by atoms with Crippen LogP contribution in [0.2, 0.25) is 0 Å². The normalized spacial score (nSPS) is 15.7. The van der Waals surface area contributed by atoms with Crippen LogP contribution < -0.4 is 21.9 Å². The van der Waals surface area contributed by atoms with Crippen molar-refractivity contribution in [3.05, 3.63) is 103 Å². The number of hydrogen-bond acceptors (Lipinski definition) is 4. The van der Waals surface area contributed by atoms with Crippen molar-refractivity contribution < 1.29 is 31.1 Å². The number of alkyl halides is 6. The SMILES string of the molecule is CC1=C(C(=O)Nc2ccccc2)C(c2cc(C(F)(F)F)cc(C(F)(F)F)c2)c2c(n(C)c(=O)n(C)c2=O)N1. The number of nitrogens with one attached hydrogen (secondary N) is 2. The van der Waals surface area contributed by atoms with Gasteiger partial charge in [-0.3, -0.25) is 18.7 Å². The van der Waals surface area contributed by atoms with E-state index in [-0.39, 0.29) is 28.7 Å². The average Bonchev–Trinajstić information content (AvgIpc) is 2.84. The first kappa shape index (κ1) is 26.8. The summed E-state index contributed by atoms with van der Waals surface area (Å²) in [5.74, 6) is -2.69. The Morgan fingerprint density at radius 2 is 1.45 bits per heavy atom. The molecule has 7 nitrogen and oxygen atoms in total. The minimum atomic E-state index is -5.16. The van der Waals surface area contributed by atoms with Gasteiger partial charge in [0.2, 0.25) is 0 Å². The predicted molar refractivity (Wildman–Crippen MR) is 127 cm³/mol. The zero-order valence-corrected chi connectivity index (χ0v) is 20.1. The van der Waals surface area contributed by atoms with Crippen molar-refractivity contribution in [2.75, 3.05) is 10.6 Å². The van der Waals surface area contributed by atoms with E-state index in [2.05, 4.69) is 10.6 Å². The molecule has 2 aromatic carbocycles. The molecule has 0 fully saturated rings. The van der Waals surface area contributed by atoms with E-state index in [4.69, 9.17) is 0 Å². The third-order valence-corrected chi connectivity index (χ3v) is 6.21. The molecule has 1 amide bonds. The lowest BCUT2D eigenvalue weighted by atomic mass is 9.80. The van der Waals surface area contributed by atoms with E-state index in [0.29, 0.717) is 22.4 Å². The number of carbonyl (C=O) groups excluding carboxylic acids is 1. The Bertz CT molecular complexity index is 1550. The molecule has 200 valence electrons. The number of nitrogens with zero attached hydrogens (tertiary/aromatic N) is 2. The molecule has 1 aliphatic rings. The Morgan fingerprint density at radius 3 is 1.97 bits per heavy atom. The van der Waals surface area contributed by atoms with Crippen LogP contribution in [0.1, 0.15) is 35.1 Å². The number of allylic oxidation sites excluding steroid dienone is 1. The second kappa shape index (κ2) is 9.23. The Kier molecular flexibility index (Phi) is 6.50. The first-order chi connectivity index (χ1) is 17.6. The van der Waals surface area contributed by atoms with Crippen LogP contribution in [0.5, 0.6) is 0 Å². The zero-order chi connectivity index (χ0) is 28.2. The monoisotopic (exact) mass is 538 g/mol. The van der Waals surface area contributed by atoms with Crippen molar-refractivity contribution in [1.82, 2.24) is 9.13 Å². The van der Waals surface area contributed by atoms with Crippen LogP contribution in [-0.4, -0.2) is 15.0 Å². The summed E-state index contributed by atoms with van der Waals surface area (Å²) in [6, 6.07) is 8.86. The molecule has 0 radical (unpaired) electrons. The summed E-state index contributed by atoms with van der Waals surface area (Å²) in [6.07, 6.45) is -10.3. The molecule has 1 aromatic heterocycles. The highest BCUT2D eigenvalue weighted by atomic mass is 19.4. The van der Waals surface area contributed by atoms with Crippen molar-refractivity contribution in [1.29, 1.82) is 0 Å². The van der Waals surface area contributed by atoms with Crippen molar-refractivity contribution in [3.63, 3.8) is 0 Å². The maximum atomic E-state index is 13.7. The zero-order valence-electron chi connectivity index (χ0n) is 20.1. The molecule has 4 rings (SSSR count). The molecule has 2 heterocycles. The predicted octanol–water partition coefficient (Wildman–Crippen LogP) is 4.59. The van der Waals surface area contributed by atoms with Crippen LogP contribution in [0.15, 0.2) is 69.4 Å². The van der Waals surface area contributed by atoms with Crippen LogP contribution >= 0.6 is 0 Å². The number of benzene rings is 2. The third kappa shape index (κ3) is 4.71. The van der Waals surface area contributed by atoms with E-state index in [9.17, 15) is 40.7 Å². The summed E-state index contributed by atoms with van der Waals surface area (Å²) in [6.45, 7) is 1.37. The average molecular weight is 538 g/mol. The van der Waals surface area contributed by atoms with Gasteiger partial charge in [0.15, 0.2) is 0 Å². The second-order valence-electron chi connectivity index (χ2n) is 8.72. The lowest BCUT2D eigenvalue weighted by Gasteiger charge is -2.32. The first-order valence-corrected chi connectivity index (χ1v) is 11.0. The Labute approximate surface area is 211 Å². The molecular weight excluding hydrogens is 518 g/mol. The van der Waals surface area contributed by atoms with E-state index in [0.717, 1.165) is 11.6 Å². The van der Waals surface area contributed by atoms with Gasteiger partial charge < -0.3 is 10.6 Å². The molecule has 1 unspecified atom stereocenters. The number of hydrogen-bond donors (Lipinski definition) is 2. The fourth-order valence-electron chi connectivity index (χ4n) is 4.39. The smallest absolute Gasteiger partial charge is 0.344 e. The van der Waals surface area contributed by atoms with E-state index < -0.39 is 52.1 Å². The Morgan fingerprint density at radius 1 is 0.895 bits per heavy atom. The van der Waals surface area contributed by atoms with Gasteiger partial charge in [-0.2, -0.15) is 26.3 Å². The van der Waals surface area contributed by atoms with Gasteiger partial charge in [-0.05, 0) is 42.8 Å². The number of halogens is 6. The number of carbonyl (C=O) groups is 1. The van der Waals surface area contributed by atoms with Gasteiger partial charge in [0, 0.05) is 31.1 Å². The van der Waals surface area contributed by atoms with E-state index in [1.807, 2.05) is 0 Å². The van der Waals surface area contributed by atoms with E-state index in [1.54, 1.807) is 18.2 Å². The molecule has 0 spiro atoms. The summed E-state index contributed by atoms with van der Waals surface area (Å²) >= 11 is 0. The van der Waals surface area contributed by atoms with E-state index in [1.165, 1.54) is 26.1 Å². The summed E-state index contributed by atoms with van der Waals surface area (Å²) in [5.41, 5.74) is -5.89. The standard InChI is InChI=1S/C25H20F6N4O3/c1-12-17(21(36)33-16-7-5-4-6-8-16)18(19-20(32-12)34(2)23(38)35(3)22(19)37)13-9-14(24(26,27)28)11-15(10-13)25(29,30)31/h4-11,18,32H,1-3H3,(H,33,36).